The largest absolute Gasteiger partial charge is 0.354 e. The van der Waals surface area contributed by atoms with Gasteiger partial charge in [0.1, 0.15) is 17.2 Å². The Morgan fingerprint density at radius 1 is 1.31 bits per heavy atom. The van der Waals surface area contributed by atoms with E-state index >= 15 is 0 Å². The molecule has 1 fully saturated rings. The second-order valence-electron chi connectivity index (χ2n) is 6.31. The highest BCUT2D eigenvalue weighted by molar-refractivity contribution is 9.10. The lowest BCUT2D eigenvalue weighted by atomic mass is 10.0. The van der Waals surface area contributed by atoms with Crippen molar-refractivity contribution in [2.24, 2.45) is 0 Å². The molecule has 2 heterocycles. The van der Waals surface area contributed by atoms with Gasteiger partial charge in [-0.1, -0.05) is 34.6 Å². The molecule has 1 N–H and O–H groups in total. The van der Waals surface area contributed by atoms with Gasteiger partial charge in [-0.15, -0.1) is 0 Å². The molecule has 1 unspecified atom stereocenters. The highest BCUT2D eigenvalue weighted by Crippen LogP contribution is 2.27. The number of carbonyl (C=O) groups excluding carboxylic acids is 1. The summed E-state index contributed by atoms with van der Waals surface area (Å²) in [5, 5.41) is 3.73. The summed E-state index contributed by atoms with van der Waals surface area (Å²) in [5.74, 6) is 1.26. The van der Waals surface area contributed by atoms with Crippen molar-refractivity contribution in [3.05, 3.63) is 41.1 Å². The second-order valence-corrected chi connectivity index (χ2v) is 8.22. The van der Waals surface area contributed by atoms with Gasteiger partial charge < -0.3 is 10.2 Å². The molecule has 3 rings (SSSR count). The Labute approximate surface area is 167 Å². The van der Waals surface area contributed by atoms with Crippen LogP contribution in [0.3, 0.4) is 0 Å². The maximum atomic E-state index is 12.2. The number of piperidine rings is 1. The zero-order valence-corrected chi connectivity index (χ0v) is 17.2. The lowest BCUT2D eigenvalue weighted by Gasteiger charge is -2.36. The average Bonchev–Trinajstić information content (AvgIpc) is 2.68. The van der Waals surface area contributed by atoms with E-state index in [4.69, 9.17) is 0 Å². The van der Waals surface area contributed by atoms with Gasteiger partial charge in [-0.05, 0) is 49.9 Å². The molecular weight excluding hydrogens is 412 g/mol. The van der Waals surface area contributed by atoms with E-state index in [2.05, 4.69) is 43.0 Å². The van der Waals surface area contributed by atoms with Gasteiger partial charge in [0, 0.05) is 28.8 Å². The average molecular weight is 435 g/mol. The fourth-order valence-electron chi connectivity index (χ4n) is 3.16. The second kappa shape index (κ2) is 9.37. The van der Waals surface area contributed by atoms with Crippen LogP contribution < -0.4 is 10.2 Å². The molecule has 1 aliphatic heterocycles. The Hall–Kier alpha value is -1.60. The number of aromatic nitrogens is 2. The van der Waals surface area contributed by atoms with Gasteiger partial charge in [0.15, 0.2) is 0 Å². The zero-order valence-electron chi connectivity index (χ0n) is 14.8. The van der Waals surface area contributed by atoms with Crippen molar-refractivity contribution in [1.29, 1.82) is 0 Å². The number of rotatable bonds is 6. The lowest BCUT2D eigenvalue weighted by molar-refractivity contribution is -0.113. The first-order valence-electron chi connectivity index (χ1n) is 8.92. The zero-order chi connectivity index (χ0) is 18.4. The van der Waals surface area contributed by atoms with E-state index in [9.17, 15) is 4.79 Å². The molecule has 1 amide bonds. The summed E-state index contributed by atoms with van der Waals surface area (Å²) in [5.41, 5.74) is 0.793. The molecule has 1 aromatic carbocycles. The van der Waals surface area contributed by atoms with E-state index in [1.165, 1.54) is 31.0 Å². The first kappa shape index (κ1) is 19.2. The Morgan fingerprint density at radius 2 is 2.12 bits per heavy atom. The summed E-state index contributed by atoms with van der Waals surface area (Å²) in [6.45, 7) is 3.27. The van der Waals surface area contributed by atoms with Crippen molar-refractivity contribution in [1.82, 2.24) is 9.97 Å². The van der Waals surface area contributed by atoms with Gasteiger partial charge in [0.25, 0.3) is 0 Å². The van der Waals surface area contributed by atoms with Crippen molar-refractivity contribution in [2.45, 2.75) is 43.7 Å². The van der Waals surface area contributed by atoms with Gasteiger partial charge in [-0.2, -0.15) is 0 Å². The molecule has 1 aliphatic rings. The van der Waals surface area contributed by atoms with Crippen LogP contribution in [-0.4, -0.2) is 34.2 Å². The van der Waals surface area contributed by atoms with E-state index in [0.717, 1.165) is 34.0 Å². The highest BCUT2D eigenvalue weighted by Gasteiger charge is 2.22. The Morgan fingerprint density at radius 3 is 2.88 bits per heavy atom. The van der Waals surface area contributed by atoms with Crippen molar-refractivity contribution in [3.8, 4) is 0 Å². The Balaban J connectivity index is 1.58. The predicted molar refractivity (Wildman–Crippen MR) is 111 cm³/mol. The van der Waals surface area contributed by atoms with Crippen LogP contribution in [0.4, 0.5) is 11.5 Å². The molecule has 1 atom stereocenters. The summed E-state index contributed by atoms with van der Waals surface area (Å²) in [7, 11) is 0. The molecule has 0 saturated carbocycles. The molecule has 26 heavy (non-hydrogen) atoms. The minimum Gasteiger partial charge on any atom is -0.354 e. The van der Waals surface area contributed by atoms with Crippen molar-refractivity contribution >= 4 is 45.1 Å². The minimum absolute atomic E-state index is 0.0399. The number of hydrogen-bond donors (Lipinski definition) is 1. The number of anilines is 2. The number of amides is 1. The molecule has 1 saturated heterocycles. The first-order chi connectivity index (χ1) is 12.7. The molecular formula is C19H23BrN4OS. The summed E-state index contributed by atoms with van der Waals surface area (Å²) in [4.78, 5) is 23.3. The van der Waals surface area contributed by atoms with E-state index in [1.807, 2.05) is 30.3 Å². The third kappa shape index (κ3) is 5.20. The van der Waals surface area contributed by atoms with Gasteiger partial charge in [0.05, 0.1) is 5.75 Å². The van der Waals surface area contributed by atoms with Crippen LogP contribution >= 0.6 is 27.7 Å². The van der Waals surface area contributed by atoms with Gasteiger partial charge in [-0.3, -0.25) is 4.79 Å². The van der Waals surface area contributed by atoms with E-state index in [-0.39, 0.29) is 5.91 Å². The van der Waals surface area contributed by atoms with Crippen LogP contribution in [0.2, 0.25) is 0 Å². The summed E-state index contributed by atoms with van der Waals surface area (Å²) < 4.78 is 0.987. The first-order valence-corrected chi connectivity index (χ1v) is 10.7. The SMILES string of the molecule is CCC1CCCCN1c1cc(SCC(=O)Nc2ccc(Br)cc2)ncn1. The maximum Gasteiger partial charge on any atom is 0.234 e. The molecule has 0 spiro atoms. The molecule has 0 bridgehead atoms. The quantitative estimate of drug-likeness (QED) is 0.525. The van der Waals surface area contributed by atoms with E-state index in [1.54, 1.807) is 6.33 Å². The molecule has 5 nitrogen and oxygen atoms in total. The Kier molecular flexibility index (Phi) is 6.91. The van der Waals surface area contributed by atoms with E-state index < -0.39 is 0 Å². The summed E-state index contributed by atoms with van der Waals surface area (Å²) >= 11 is 4.83. The number of carbonyl (C=O) groups is 1. The lowest BCUT2D eigenvalue weighted by Crippen LogP contribution is -2.39. The van der Waals surface area contributed by atoms with Crippen LogP contribution in [0.25, 0.3) is 0 Å². The number of benzene rings is 1. The Bertz CT molecular complexity index is 741. The molecule has 7 heteroatoms. The molecule has 138 valence electrons. The number of halogens is 1. The fourth-order valence-corrected chi connectivity index (χ4v) is 4.09. The van der Waals surface area contributed by atoms with Crippen molar-refractivity contribution in [3.63, 3.8) is 0 Å². The number of nitrogens with zero attached hydrogens (tertiary/aromatic N) is 3. The molecule has 0 radical (unpaired) electrons. The molecule has 0 aliphatic carbocycles. The van der Waals surface area contributed by atoms with Gasteiger partial charge in [0.2, 0.25) is 5.91 Å². The summed E-state index contributed by atoms with van der Waals surface area (Å²) in [6.07, 6.45) is 6.45. The van der Waals surface area contributed by atoms with Crippen molar-refractivity contribution < 1.29 is 4.79 Å². The predicted octanol–water partition coefficient (Wildman–Crippen LogP) is 4.74. The maximum absolute atomic E-state index is 12.2. The van der Waals surface area contributed by atoms with Crippen LogP contribution in [0.15, 0.2) is 46.2 Å². The normalized spacial score (nSPS) is 17.2. The third-order valence-corrected chi connectivity index (χ3v) is 5.95. The number of thioether (sulfide) groups is 1. The van der Waals surface area contributed by atoms with Crippen LogP contribution in [0.5, 0.6) is 0 Å². The topological polar surface area (TPSA) is 58.1 Å². The molecule has 2 aromatic rings. The van der Waals surface area contributed by atoms with E-state index in [0.29, 0.717) is 11.8 Å². The smallest absolute Gasteiger partial charge is 0.234 e. The van der Waals surface area contributed by atoms with Crippen molar-refractivity contribution in [2.75, 3.05) is 22.5 Å². The standard InChI is InChI=1S/C19H23BrN4OS/c1-2-16-5-3-4-10-24(16)17-11-19(22-13-21-17)26-12-18(25)23-15-8-6-14(20)7-9-15/h6-9,11,13,16H,2-5,10,12H2,1H3,(H,23,25). The number of nitrogens with one attached hydrogen (secondary N) is 1. The van der Waals surface area contributed by atoms with Crippen LogP contribution in [0.1, 0.15) is 32.6 Å². The highest BCUT2D eigenvalue weighted by atomic mass is 79.9. The summed E-state index contributed by atoms with van der Waals surface area (Å²) in [6, 6.07) is 10.1. The number of hydrogen-bond acceptors (Lipinski definition) is 5. The van der Waals surface area contributed by atoms with Gasteiger partial charge in [-0.25, -0.2) is 9.97 Å². The monoisotopic (exact) mass is 434 g/mol. The fraction of sp³-hybridized carbons (Fsp3) is 0.421. The molecule has 1 aromatic heterocycles. The van der Waals surface area contributed by atoms with Crippen LogP contribution in [0, 0.1) is 0 Å². The van der Waals surface area contributed by atoms with Gasteiger partial charge >= 0.3 is 0 Å². The van der Waals surface area contributed by atoms with Crippen LogP contribution in [-0.2, 0) is 4.79 Å². The minimum atomic E-state index is -0.0399. The third-order valence-electron chi connectivity index (χ3n) is 4.50.